The van der Waals surface area contributed by atoms with Crippen molar-refractivity contribution >= 4 is 11.8 Å². The number of nitrogens with two attached hydrogens (primary N) is 1. The molecule has 1 heterocycles. The molecule has 0 spiro atoms. The Bertz CT molecular complexity index is 675. The van der Waals surface area contributed by atoms with E-state index in [2.05, 4.69) is 10.2 Å². The van der Waals surface area contributed by atoms with E-state index in [1.807, 2.05) is 28.8 Å². The maximum atomic E-state index is 12.9. The number of aromatic nitrogens is 3. The Morgan fingerprint density at radius 3 is 2.61 bits per heavy atom. The quantitative estimate of drug-likeness (QED) is 0.785. The van der Waals surface area contributed by atoms with Crippen LogP contribution in [0.1, 0.15) is 18.7 Å². The van der Waals surface area contributed by atoms with Crippen LogP contribution in [0.15, 0.2) is 29.4 Å². The second-order valence-corrected chi connectivity index (χ2v) is 6.50. The number of benzene rings is 1. The van der Waals surface area contributed by atoms with Gasteiger partial charge in [-0.25, -0.2) is 8.78 Å². The van der Waals surface area contributed by atoms with E-state index in [1.54, 1.807) is 7.11 Å². The number of ether oxygens (including phenoxy) is 1. The first kappa shape index (κ1) is 16.2. The number of halogens is 2. The van der Waals surface area contributed by atoms with Gasteiger partial charge in [-0.1, -0.05) is 11.8 Å². The van der Waals surface area contributed by atoms with Crippen LogP contribution in [0.3, 0.4) is 0 Å². The Morgan fingerprint density at radius 2 is 2.04 bits per heavy atom. The lowest BCUT2D eigenvalue weighted by Crippen LogP contribution is -2.08. The molecule has 0 amide bonds. The molecule has 1 aromatic heterocycles. The van der Waals surface area contributed by atoms with Gasteiger partial charge in [0.2, 0.25) is 0 Å². The number of alkyl halides is 2. The van der Waals surface area contributed by atoms with Crippen LogP contribution in [-0.2, 0) is 6.54 Å². The molecule has 0 saturated heterocycles. The molecule has 8 heteroatoms. The lowest BCUT2D eigenvalue weighted by molar-refractivity contribution is 0.0983. The number of hydrogen-bond donors (Lipinski definition) is 1. The molecule has 1 aliphatic rings. The zero-order valence-electron chi connectivity index (χ0n) is 12.7. The maximum absolute atomic E-state index is 12.9. The highest BCUT2D eigenvalue weighted by molar-refractivity contribution is 7.99. The van der Waals surface area contributed by atoms with Crippen molar-refractivity contribution in [3.63, 3.8) is 0 Å². The largest absolute Gasteiger partial charge is 0.497 e. The van der Waals surface area contributed by atoms with Gasteiger partial charge < -0.3 is 10.5 Å². The molecule has 0 bridgehead atoms. The van der Waals surface area contributed by atoms with Crippen molar-refractivity contribution in [1.29, 1.82) is 0 Å². The molecule has 2 N–H and O–H groups in total. The number of thioether (sulfide) groups is 1. The third kappa shape index (κ3) is 3.48. The normalized spacial score (nSPS) is 18.9. The van der Waals surface area contributed by atoms with Gasteiger partial charge in [0.25, 0.3) is 5.92 Å². The first-order chi connectivity index (χ1) is 11.0. The summed E-state index contributed by atoms with van der Waals surface area (Å²) >= 11 is 1.43. The van der Waals surface area contributed by atoms with E-state index in [0.717, 1.165) is 11.4 Å². The Hall–Kier alpha value is -1.67. The van der Waals surface area contributed by atoms with Crippen molar-refractivity contribution in [3.8, 4) is 11.4 Å². The Kier molecular flexibility index (Phi) is 4.54. The van der Waals surface area contributed by atoms with Crippen LogP contribution in [0.25, 0.3) is 5.69 Å². The minimum atomic E-state index is -2.47. The van der Waals surface area contributed by atoms with E-state index in [9.17, 15) is 8.78 Å². The highest BCUT2D eigenvalue weighted by Crippen LogP contribution is 2.51. The summed E-state index contributed by atoms with van der Waals surface area (Å²) < 4.78 is 32.9. The zero-order chi connectivity index (χ0) is 16.4. The summed E-state index contributed by atoms with van der Waals surface area (Å²) in [4.78, 5) is 0. The maximum Gasteiger partial charge on any atom is 0.251 e. The van der Waals surface area contributed by atoms with Crippen LogP contribution in [0.4, 0.5) is 8.78 Å². The Labute approximate surface area is 137 Å². The van der Waals surface area contributed by atoms with Gasteiger partial charge in [0, 0.05) is 23.8 Å². The summed E-state index contributed by atoms with van der Waals surface area (Å²) in [5.74, 6) is -0.983. The van der Waals surface area contributed by atoms with Crippen LogP contribution in [0, 0.1) is 5.92 Å². The lowest BCUT2D eigenvalue weighted by atomic mass is 10.3. The molecule has 124 valence electrons. The zero-order valence-corrected chi connectivity index (χ0v) is 13.5. The molecule has 0 unspecified atom stereocenters. The predicted octanol–water partition coefficient (Wildman–Crippen LogP) is 2.87. The Balaban J connectivity index is 1.74. The second kappa shape index (κ2) is 6.45. The van der Waals surface area contributed by atoms with Crippen LogP contribution in [0.2, 0.25) is 0 Å². The predicted molar refractivity (Wildman–Crippen MR) is 84.2 cm³/mol. The molecule has 1 saturated carbocycles. The van der Waals surface area contributed by atoms with Gasteiger partial charge in [-0.05, 0) is 30.7 Å². The van der Waals surface area contributed by atoms with Gasteiger partial charge in [-0.3, -0.25) is 4.57 Å². The van der Waals surface area contributed by atoms with Gasteiger partial charge >= 0.3 is 0 Å². The fourth-order valence-electron chi connectivity index (χ4n) is 2.39. The molecule has 1 aliphatic carbocycles. The molecule has 23 heavy (non-hydrogen) atoms. The third-order valence-electron chi connectivity index (χ3n) is 3.87. The average molecular weight is 340 g/mol. The lowest BCUT2D eigenvalue weighted by Gasteiger charge is -2.10. The summed E-state index contributed by atoms with van der Waals surface area (Å²) in [6.07, 6.45) is 0.484. The van der Waals surface area contributed by atoms with E-state index in [0.29, 0.717) is 23.2 Å². The topological polar surface area (TPSA) is 66.0 Å². The molecule has 1 aromatic carbocycles. The average Bonchev–Trinajstić information content (AvgIpc) is 2.97. The van der Waals surface area contributed by atoms with E-state index < -0.39 is 11.8 Å². The van der Waals surface area contributed by atoms with Crippen molar-refractivity contribution in [2.24, 2.45) is 11.7 Å². The fraction of sp³-hybridized carbons (Fsp3) is 0.467. The summed E-state index contributed by atoms with van der Waals surface area (Å²) in [7, 11) is 1.61. The molecule has 1 atom stereocenters. The van der Waals surface area contributed by atoms with Gasteiger partial charge in [-0.15, -0.1) is 10.2 Å². The molecule has 0 aliphatic heterocycles. The van der Waals surface area contributed by atoms with Gasteiger partial charge in [0.15, 0.2) is 11.0 Å². The second-order valence-electron chi connectivity index (χ2n) is 5.44. The molecular weight excluding hydrogens is 322 g/mol. The molecule has 1 fully saturated rings. The Morgan fingerprint density at radius 1 is 1.35 bits per heavy atom. The van der Waals surface area contributed by atoms with E-state index >= 15 is 0 Å². The summed E-state index contributed by atoms with van der Waals surface area (Å²) in [5, 5.41) is 8.89. The van der Waals surface area contributed by atoms with Crippen molar-refractivity contribution in [2.75, 3.05) is 12.9 Å². The number of rotatable bonds is 7. The SMILES string of the molecule is COc1ccc(-n2c(CN)nnc2SCC[C@@H]2CC2(F)F)cc1. The first-order valence-corrected chi connectivity index (χ1v) is 8.33. The van der Waals surface area contributed by atoms with Crippen LogP contribution in [0.5, 0.6) is 5.75 Å². The van der Waals surface area contributed by atoms with Crippen LogP contribution < -0.4 is 10.5 Å². The minimum Gasteiger partial charge on any atom is -0.497 e. The molecule has 0 radical (unpaired) electrons. The van der Waals surface area contributed by atoms with Gasteiger partial charge in [0.1, 0.15) is 5.75 Å². The summed E-state index contributed by atoms with van der Waals surface area (Å²) in [5.41, 5.74) is 6.59. The smallest absolute Gasteiger partial charge is 0.251 e. The number of methoxy groups -OCH3 is 1. The minimum absolute atomic E-state index is 0.00673. The van der Waals surface area contributed by atoms with Crippen molar-refractivity contribution in [1.82, 2.24) is 14.8 Å². The number of nitrogens with zero attached hydrogens (tertiary/aromatic N) is 3. The van der Waals surface area contributed by atoms with Crippen LogP contribution >= 0.6 is 11.8 Å². The van der Waals surface area contributed by atoms with Crippen LogP contribution in [-0.4, -0.2) is 33.5 Å². The standard InChI is InChI=1S/C15H18F2N4OS/c1-22-12-4-2-11(3-5-12)21-13(9-18)19-20-14(21)23-7-6-10-8-15(10,16)17/h2-5,10H,6-9,18H2,1H3/t10-/m1/s1. The highest BCUT2D eigenvalue weighted by Gasteiger charge is 2.55. The fourth-order valence-corrected chi connectivity index (χ4v) is 3.42. The van der Waals surface area contributed by atoms with E-state index in [1.165, 1.54) is 11.8 Å². The van der Waals surface area contributed by atoms with Crippen molar-refractivity contribution < 1.29 is 13.5 Å². The number of hydrogen-bond acceptors (Lipinski definition) is 5. The van der Waals surface area contributed by atoms with Gasteiger partial charge in [-0.2, -0.15) is 0 Å². The van der Waals surface area contributed by atoms with Crippen molar-refractivity contribution in [3.05, 3.63) is 30.1 Å². The summed E-state index contributed by atoms with van der Waals surface area (Å²) in [6.45, 7) is 0.250. The highest BCUT2D eigenvalue weighted by atomic mass is 32.2. The summed E-state index contributed by atoms with van der Waals surface area (Å²) in [6, 6.07) is 7.46. The first-order valence-electron chi connectivity index (χ1n) is 7.34. The molecule has 5 nitrogen and oxygen atoms in total. The molecular formula is C15H18F2N4OS. The third-order valence-corrected chi connectivity index (χ3v) is 4.83. The molecule has 3 rings (SSSR count). The van der Waals surface area contributed by atoms with E-state index in [4.69, 9.17) is 10.5 Å². The van der Waals surface area contributed by atoms with Gasteiger partial charge in [0.05, 0.1) is 13.7 Å². The van der Waals surface area contributed by atoms with Crippen molar-refractivity contribution in [2.45, 2.75) is 30.5 Å². The molecule has 2 aromatic rings. The van der Waals surface area contributed by atoms with E-state index in [-0.39, 0.29) is 13.0 Å². The monoisotopic (exact) mass is 340 g/mol.